The fourth-order valence-corrected chi connectivity index (χ4v) is 1.69. The topological polar surface area (TPSA) is 55.1 Å². The van der Waals surface area contributed by atoms with E-state index in [0.717, 1.165) is 6.42 Å². The number of benzene rings is 1. The highest BCUT2D eigenvalue weighted by Crippen LogP contribution is 2.16. The van der Waals surface area contributed by atoms with Gasteiger partial charge in [0.2, 0.25) is 0 Å². The zero-order chi connectivity index (χ0) is 12.0. The predicted molar refractivity (Wildman–Crippen MR) is 66.1 cm³/mol. The summed E-state index contributed by atoms with van der Waals surface area (Å²) in [7, 11) is 0. The molecule has 16 heavy (non-hydrogen) atoms. The van der Waals surface area contributed by atoms with E-state index in [2.05, 4.69) is 31.3 Å². The molecule has 1 aromatic rings. The van der Waals surface area contributed by atoms with Gasteiger partial charge in [-0.3, -0.25) is 0 Å². The Bertz CT molecular complexity index is 322. The van der Waals surface area contributed by atoms with Gasteiger partial charge in [-0.25, -0.2) is 4.79 Å². The van der Waals surface area contributed by atoms with Gasteiger partial charge in [-0.05, 0) is 23.8 Å². The monoisotopic (exact) mass is 220 g/mol. The van der Waals surface area contributed by atoms with Crippen LogP contribution in [0.25, 0.3) is 0 Å². The van der Waals surface area contributed by atoms with Crippen LogP contribution in [0.4, 0.5) is 4.79 Å². The van der Waals surface area contributed by atoms with Crippen LogP contribution in [0.15, 0.2) is 30.3 Å². The smallest absolute Gasteiger partial charge is 0.312 e. The molecule has 0 bridgehead atoms. The van der Waals surface area contributed by atoms with Gasteiger partial charge in [0.1, 0.15) is 0 Å². The molecular weight excluding hydrogens is 200 g/mol. The van der Waals surface area contributed by atoms with Crippen LogP contribution in [0.2, 0.25) is 0 Å². The second-order valence-corrected chi connectivity index (χ2v) is 4.44. The normalized spacial score (nSPS) is 12.4. The van der Waals surface area contributed by atoms with Crippen molar-refractivity contribution in [2.45, 2.75) is 20.3 Å². The molecule has 88 valence electrons. The molecule has 0 heterocycles. The van der Waals surface area contributed by atoms with E-state index in [1.807, 2.05) is 18.2 Å². The second-order valence-electron chi connectivity index (χ2n) is 4.44. The van der Waals surface area contributed by atoms with Crippen molar-refractivity contribution in [3.05, 3.63) is 35.9 Å². The van der Waals surface area contributed by atoms with Crippen LogP contribution >= 0.6 is 0 Å². The highest BCUT2D eigenvalue weighted by Gasteiger charge is 2.14. The molecule has 0 saturated carbocycles. The first kappa shape index (κ1) is 12.6. The fourth-order valence-electron chi connectivity index (χ4n) is 1.69. The molecule has 0 aliphatic rings. The number of hydrogen-bond donors (Lipinski definition) is 2. The molecule has 3 nitrogen and oxygen atoms in total. The number of nitrogens with two attached hydrogens (primary N) is 1. The van der Waals surface area contributed by atoms with E-state index in [-0.39, 0.29) is 0 Å². The van der Waals surface area contributed by atoms with Gasteiger partial charge in [0, 0.05) is 6.54 Å². The van der Waals surface area contributed by atoms with Gasteiger partial charge in [-0.1, -0.05) is 44.2 Å². The molecule has 0 aliphatic carbocycles. The lowest BCUT2D eigenvalue weighted by molar-refractivity contribution is 0.244. The minimum absolute atomic E-state index is 0.426. The van der Waals surface area contributed by atoms with Crippen LogP contribution in [0.5, 0.6) is 0 Å². The second kappa shape index (κ2) is 6.16. The summed E-state index contributed by atoms with van der Waals surface area (Å²) in [4.78, 5) is 10.7. The molecule has 0 spiro atoms. The number of hydrogen-bond acceptors (Lipinski definition) is 1. The van der Waals surface area contributed by atoms with Crippen molar-refractivity contribution in [2.24, 2.45) is 17.6 Å². The van der Waals surface area contributed by atoms with Crippen molar-refractivity contribution in [2.75, 3.05) is 6.54 Å². The van der Waals surface area contributed by atoms with E-state index in [9.17, 15) is 4.79 Å². The first-order chi connectivity index (χ1) is 7.59. The fraction of sp³-hybridized carbons (Fsp3) is 0.462. The molecule has 3 N–H and O–H groups in total. The lowest BCUT2D eigenvalue weighted by atomic mass is 9.89. The number of rotatable bonds is 5. The summed E-state index contributed by atoms with van der Waals surface area (Å²) >= 11 is 0. The van der Waals surface area contributed by atoms with E-state index in [4.69, 9.17) is 5.73 Å². The molecule has 3 heteroatoms. The predicted octanol–water partition coefficient (Wildman–Crippen LogP) is 2.17. The zero-order valence-corrected chi connectivity index (χ0v) is 9.94. The van der Waals surface area contributed by atoms with Crippen molar-refractivity contribution < 1.29 is 4.79 Å². The summed E-state index contributed by atoms with van der Waals surface area (Å²) in [6, 6.07) is 9.86. The maximum atomic E-state index is 10.7. The number of primary amides is 1. The summed E-state index contributed by atoms with van der Waals surface area (Å²) in [5.74, 6) is 0.946. The van der Waals surface area contributed by atoms with E-state index >= 15 is 0 Å². The van der Waals surface area contributed by atoms with Gasteiger partial charge in [0.25, 0.3) is 0 Å². The van der Waals surface area contributed by atoms with Crippen molar-refractivity contribution >= 4 is 6.03 Å². The SMILES string of the molecule is CC(C)[C@@H](CNC(N)=O)Cc1ccccc1. The molecule has 0 aromatic heterocycles. The molecule has 0 radical (unpaired) electrons. The maximum absolute atomic E-state index is 10.7. The third kappa shape index (κ3) is 4.34. The standard InChI is InChI=1S/C13H20N2O/c1-10(2)12(9-15-13(14)16)8-11-6-4-3-5-7-11/h3-7,10,12H,8-9H2,1-2H3,(H3,14,15,16)/t12-/m1/s1. The maximum Gasteiger partial charge on any atom is 0.312 e. The van der Waals surface area contributed by atoms with Gasteiger partial charge in [-0.2, -0.15) is 0 Å². The average Bonchev–Trinajstić information content (AvgIpc) is 2.25. The molecule has 2 amide bonds. The average molecular weight is 220 g/mol. The third-order valence-corrected chi connectivity index (χ3v) is 2.82. The van der Waals surface area contributed by atoms with Crippen LogP contribution in [-0.4, -0.2) is 12.6 Å². The summed E-state index contributed by atoms with van der Waals surface area (Å²) in [6.45, 7) is 4.97. The Balaban J connectivity index is 2.54. The molecular formula is C13H20N2O. The number of carbonyl (C=O) groups excluding carboxylic acids is 1. The molecule has 1 rings (SSSR count). The molecule has 0 aliphatic heterocycles. The molecule has 1 atom stereocenters. The van der Waals surface area contributed by atoms with Gasteiger partial charge in [0.05, 0.1) is 0 Å². The van der Waals surface area contributed by atoms with E-state index in [1.54, 1.807) is 0 Å². The number of carbonyl (C=O) groups is 1. The zero-order valence-electron chi connectivity index (χ0n) is 9.94. The number of urea groups is 1. The Morgan fingerprint density at radius 3 is 2.44 bits per heavy atom. The number of amides is 2. The van der Waals surface area contributed by atoms with E-state index < -0.39 is 6.03 Å². The lowest BCUT2D eigenvalue weighted by Gasteiger charge is -2.20. The summed E-state index contributed by atoms with van der Waals surface area (Å²) in [5, 5.41) is 2.69. The highest BCUT2D eigenvalue weighted by molar-refractivity contribution is 5.71. The Morgan fingerprint density at radius 2 is 1.94 bits per heavy atom. The van der Waals surface area contributed by atoms with Crippen molar-refractivity contribution in [3.8, 4) is 0 Å². The third-order valence-electron chi connectivity index (χ3n) is 2.82. The quantitative estimate of drug-likeness (QED) is 0.785. The molecule has 0 unspecified atom stereocenters. The summed E-state index contributed by atoms with van der Waals surface area (Å²) in [6.07, 6.45) is 0.971. The van der Waals surface area contributed by atoms with Crippen molar-refractivity contribution in [3.63, 3.8) is 0 Å². The lowest BCUT2D eigenvalue weighted by Crippen LogP contribution is -2.35. The van der Waals surface area contributed by atoms with Crippen LogP contribution < -0.4 is 11.1 Å². The molecule has 1 aromatic carbocycles. The van der Waals surface area contributed by atoms with Crippen LogP contribution in [0.1, 0.15) is 19.4 Å². The van der Waals surface area contributed by atoms with Crippen molar-refractivity contribution in [1.29, 1.82) is 0 Å². The van der Waals surface area contributed by atoms with Crippen LogP contribution in [-0.2, 0) is 6.42 Å². The first-order valence-corrected chi connectivity index (χ1v) is 5.67. The van der Waals surface area contributed by atoms with E-state index in [1.165, 1.54) is 5.56 Å². The van der Waals surface area contributed by atoms with E-state index in [0.29, 0.717) is 18.4 Å². The van der Waals surface area contributed by atoms with Gasteiger partial charge < -0.3 is 11.1 Å². The first-order valence-electron chi connectivity index (χ1n) is 5.67. The largest absolute Gasteiger partial charge is 0.352 e. The van der Waals surface area contributed by atoms with Crippen LogP contribution in [0.3, 0.4) is 0 Å². The Labute approximate surface area is 97.0 Å². The Hall–Kier alpha value is -1.51. The Morgan fingerprint density at radius 1 is 1.31 bits per heavy atom. The van der Waals surface area contributed by atoms with Crippen molar-refractivity contribution in [1.82, 2.24) is 5.32 Å². The minimum Gasteiger partial charge on any atom is -0.352 e. The minimum atomic E-state index is -0.446. The summed E-state index contributed by atoms with van der Waals surface area (Å²) in [5.41, 5.74) is 6.38. The molecule has 0 fully saturated rings. The Kier molecular flexibility index (Phi) is 4.83. The summed E-state index contributed by atoms with van der Waals surface area (Å²) < 4.78 is 0. The van der Waals surface area contributed by atoms with Gasteiger partial charge >= 0.3 is 6.03 Å². The number of nitrogens with one attached hydrogen (secondary N) is 1. The highest BCUT2D eigenvalue weighted by atomic mass is 16.2. The van der Waals surface area contributed by atoms with Gasteiger partial charge in [0.15, 0.2) is 0 Å². The molecule has 0 saturated heterocycles. The van der Waals surface area contributed by atoms with Crippen LogP contribution in [0, 0.1) is 11.8 Å². The van der Waals surface area contributed by atoms with Gasteiger partial charge in [-0.15, -0.1) is 0 Å².